The van der Waals surface area contributed by atoms with Crippen LogP contribution < -0.4 is 10.2 Å². The summed E-state index contributed by atoms with van der Waals surface area (Å²) in [5.74, 6) is 0.692. The van der Waals surface area contributed by atoms with E-state index in [9.17, 15) is 10.1 Å². The summed E-state index contributed by atoms with van der Waals surface area (Å²) >= 11 is 1.59. The third kappa shape index (κ3) is 3.66. The Balaban J connectivity index is 0.00000176. The molecule has 22 heavy (non-hydrogen) atoms. The molecule has 0 unspecified atom stereocenters. The van der Waals surface area contributed by atoms with E-state index in [1.807, 2.05) is 7.05 Å². The predicted octanol–water partition coefficient (Wildman–Crippen LogP) is 3.06. The average Bonchev–Trinajstić information content (AvgIpc) is 2.91. The maximum Gasteiger partial charge on any atom is 0.271 e. The molecular weight excluding hydrogens is 324 g/mol. The molecule has 1 aromatic carbocycles. The highest BCUT2D eigenvalue weighted by molar-refractivity contribution is 7.22. The average molecular weight is 343 g/mol. The summed E-state index contributed by atoms with van der Waals surface area (Å²) in [6, 6.07) is 4.87. The van der Waals surface area contributed by atoms with E-state index in [2.05, 4.69) is 15.2 Å². The molecule has 6 nitrogen and oxygen atoms in total. The van der Waals surface area contributed by atoms with Crippen molar-refractivity contribution < 1.29 is 4.92 Å². The summed E-state index contributed by atoms with van der Waals surface area (Å²) < 4.78 is 0.993. The van der Waals surface area contributed by atoms with Crippen LogP contribution in [0.5, 0.6) is 0 Å². The van der Waals surface area contributed by atoms with Crippen LogP contribution in [-0.4, -0.2) is 36.6 Å². The molecule has 0 saturated carbocycles. The van der Waals surface area contributed by atoms with Gasteiger partial charge in [-0.1, -0.05) is 11.3 Å². The van der Waals surface area contributed by atoms with E-state index >= 15 is 0 Å². The van der Waals surface area contributed by atoms with Gasteiger partial charge in [-0.3, -0.25) is 10.1 Å². The van der Waals surface area contributed by atoms with Crippen LogP contribution in [0.3, 0.4) is 0 Å². The van der Waals surface area contributed by atoms with Gasteiger partial charge in [-0.05, 0) is 37.9 Å². The minimum atomic E-state index is -0.378. The first-order chi connectivity index (χ1) is 10.1. The first kappa shape index (κ1) is 16.9. The van der Waals surface area contributed by atoms with Gasteiger partial charge >= 0.3 is 0 Å². The van der Waals surface area contributed by atoms with Gasteiger partial charge in [0, 0.05) is 25.7 Å². The second kappa shape index (κ2) is 7.21. The number of anilines is 1. The van der Waals surface area contributed by atoms with Crippen LogP contribution in [0.15, 0.2) is 18.2 Å². The number of benzene rings is 1. The van der Waals surface area contributed by atoms with Gasteiger partial charge in [0.05, 0.1) is 15.1 Å². The Bertz CT molecular complexity index is 657. The van der Waals surface area contributed by atoms with E-state index in [1.54, 1.807) is 23.5 Å². The molecule has 1 aliphatic rings. The lowest BCUT2D eigenvalue weighted by molar-refractivity contribution is -0.384. The zero-order valence-electron chi connectivity index (χ0n) is 12.3. The fraction of sp³-hybridized carbons (Fsp3) is 0.500. The van der Waals surface area contributed by atoms with Crippen molar-refractivity contribution in [1.82, 2.24) is 10.3 Å². The number of nitro groups is 1. The summed E-state index contributed by atoms with van der Waals surface area (Å²) in [4.78, 5) is 17.2. The molecule has 1 aliphatic heterocycles. The minimum Gasteiger partial charge on any atom is -0.351 e. The third-order valence-electron chi connectivity index (χ3n) is 3.89. The molecule has 8 heteroatoms. The first-order valence-corrected chi connectivity index (χ1v) is 7.92. The van der Waals surface area contributed by atoms with Crippen LogP contribution in [0.2, 0.25) is 0 Å². The van der Waals surface area contributed by atoms with E-state index in [4.69, 9.17) is 0 Å². The fourth-order valence-electron chi connectivity index (χ4n) is 2.71. The second-order valence-corrected chi connectivity index (χ2v) is 6.49. The largest absolute Gasteiger partial charge is 0.351 e. The fourth-order valence-corrected chi connectivity index (χ4v) is 3.63. The van der Waals surface area contributed by atoms with Crippen molar-refractivity contribution in [3.8, 4) is 0 Å². The summed E-state index contributed by atoms with van der Waals surface area (Å²) in [6.45, 7) is 3.17. The highest BCUT2D eigenvalue weighted by Crippen LogP contribution is 2.31. The third-order valence-corrected chi connectivity index (χ3v) is 5.04. The van der Waals surface area contributed by atoms with Gasteiger partial charge in [0.2, 0.25) is 0 Å². The Morgan fingerprint density at radius 1 is 1.45 bits per heavy atom. The molecule has 0 radical (unpaired) electrons. The number of rotatable bonds is 4. The van der Waals surface area contributed by atoms with Gasteiger partial charge in [0.15, 0.2) is 5.13 Å². The number of nitrogens with zero attached hydrogens (tertiary/aromatic N) is 3. The lowest BCUT2D eigenvalue weighted by atomic mass is 9.98. The Morgan fingerprint density at radius 3 is 2.86 bits per heavy atom. The van der Waals surface area contributed by atoms with Gasteiger partial charge in [-0.2, -0.15) is 0 Å². The maximum atomic E-state index is 10.8. The SMILES string of the molecule is CN(CC1CCNCC1)c1nc2cc([N+](=O)[O-])ccc2s1.Cl. The highest BCUT2D eigenvalue weighted by atomic mass is 35.5. The van der Waals surface area contributed by atoms with Crippen molar-refractivity contribution in [3.63, 3.8) is 0 Å². The summed E-state index contributed by atoms with van der Waals surface area (Å²) in [5, 5.41) is 15.1. The van der Waals surface area contributed by atoms with Crippen molar-refractivity contribution in [2.45, 2.75) is 12.8 Å². The number of thiazole rings is 1. The molecule has 3 rings (SSSR count). The van der Waals surface area contributed by atoms with E-state index < -0.39 is 0 Å². The minimum absolute atomic E-state index is 0. The summed E-state index contributed by atoms with van der Waals surface area (Å²) in [7, 11) is 2.05. The molecule has 0 spiro atoms. The number of piperidine rings is 1. The van der Waals surface area contributed by atoms with Gasteiger partial charge < -0.3 is 10.2 Å². The van der Waals surface area contributed by atoms with Gasteiger partial charge in [0.1, 0.15) is 0 Å². The Hall–Kier alpha value is -1.44. The van der Waals surface area contributed by atoms with Crippen molar-refractivity contribution >= 4 is 44.8 Å². The van der Waals surface area contributed by atoms with E-state index in [0.717, 1.165) is 29.5 Å². The van der Waals surface area contributed by atoms with Crippen LogP contribution in [0.4, 0.5) is 10.8 Å². The van der Waals surface area contributed by atoms with E-state index in [1.165, 1.54) is 18.9 Å². The number of nitrogens with one attached hydrogen (secondary N) is 1. The van der Waals surface area contributed by atoms with Gasteiger partial charge in [-0.25, -0.2) is 4.98 Å². The van der Waals surface area contributed by atoms with E-state index in [-0.39, 0.29) is 23.0 Å². The highest BCUT2D eigenvalue weighted by Gasteiger charge is 2.18. The monoisotopic (exact) mass is 342 g/mol. The molecule has 2 heterocycles. The number of nitro benzene ring substituents is 1. The van der Waals surface area contributed by atoms with Crippen LogP contribution in [0.25, 0.3) is 10.2 Å². The van der Waals surface area contributed by atoms with Crippen molar-refractivity contribution in [2.24, 2.45) is 5.92 Å². The lowest BCUT2D eigenvalue weighted by Crippen LogP contribution is -2.34. The molecule has 0 aliphatic carbocycles. The van der Waals surface area contributed by atoms with Crippen molar-refractivity contribution in [2.75, 3.05) is 31.6 Å². The van der Waals surface area contributed by atoms with Crippen molar-refractivity contribution in [1.29, 1.82) is 0 Å². The zero-order chi connectivity index (χ0) is 14.8. The lowest BCUT2D eigenvalue weighted by Gasteiger charge is -2.27. The molecule has 1 N–H and O–H groups in total. The number of halogens is 1. The molecule has 2 aromatic rings. The zero-order valence-corrected chi connectivity index (χ0v) is 14.0. The molecule has 1 aromatic heterocycles. The normalized spacial score (nSPS) is 15.5. The van der Waals surface area contributed by atoms with Crippen molar-refractivity contribution in [3.05, 3.63) is 28.3 Å². The van der Waals surface area contributed by atoms with Crippen LogP contribution in [0, 0.1) is 16.0 Å². The molecule has 120 valence electrons. The molecule has 1 saturated heterocycles. The van der Waals surface area contributed by atoms with Crippen LogP contribution in [0.1, 0.15) is 12.8 Å². The Labute approximate surface area is 139 Å². The first-order valence-electron chi connectivity index (χ1n) is 7.10. The number of aromatic nitrogens is 1. The number of fused-ring (bicyclic) bond motifs is 1. The quantitative estimate of drug-likeness (QED) is 0.683. The smallest absolute Gasteiger partial charge is 0.271 e. The van der Waals surface area contributed by atoms with Gasteiger partial charge in [-0.15, -0.1) is 12.4 Å². The summed E-state index contributed by atoms with van der Waals surface area (Å²) in [6.07, 6.45) is 2.39. The second-order valence-electron chi connectivity index (χ2n) is 5.48. The molecule has 0 atom stereocenters. The number of hydrogen-bond acceptors (Lipinski definition) is 6. The maximum absolute atomic E-state index is 10.8. The Morgan fingerprint density at radius 2 is 2.18 bits per heavy atom. The topological polar surface area (TPSA) is 71.3 Å². The Kier molecular flexibility index (Phi) is 5.55. The van der Waals surface area contributed by atoms with Gasteiger partial charge in [0.25, 0.3) is 5.69 Å². The number of hydrogen-bond donors (Lipinski definition) is 1. The summed E-state index contributed by atoms with van der Waals surface area (Å²) in [5.41, 5.74) is 0.807. The predicted molar refractivity (Wildman–Crippen MR) is 92.4 cm³/mol. The molecular formula is C14H19ClN4O2S. The van der Waals surface area contributed by atoms with E-state index in [0.29, 0.717) is 11.4 Å². The molecule has 0 bridgehead atoms. The van der Waals surface area contributed by atoms with Crippen LogP contribution in [-0.2, 0) is 0 Å². The molecule has 0 amide bonds. The molecule has 1 fully saturated rings. The van der Waals surface area contributed by atoms with Crippen LogP contribution >= 0.6 is 23.7 Å². The number of non-ortho nitro benzene ring substituents is 1. The standard InChI is InChI=1S/C14H18N4O2S.ClH/c1-17(9-10-4-6-15-7-5-10)14-16-12-8-11(18(19)20)2-3-13(12)21-14;/h2-3,8,10,15H,4-7,9H2,1H3;1H.